The van der Waals surface area contributed by atoms with Crippen LogP contribution in [-0.4, -0.2) is 45.6 Å². The summed E-state index contributed by atoms with van der Waals surface area (Å²) in [6, 6.07) is 8.37. The zero-order valence-corrected chi connectivity index (χ0v) is 13.6. The zero-order valence-electron chi connectivity index (χ0n) is 13.6. The normalized spacial score (nSPS) is 25.9. The van der Waals surface area contributed by atoms with Gasteiger partial charge in [0.2, 0.25) is 5.91 Å². The van der Waals surface area contributed by atoms with Crippen molar-refractivity contribution in [2.24, 2.45) is 11.8 Å². The van der Waals surface area contributed by atoms with E-state index < -0.39 is 0 Å². The number of benzene rings is 1. The molecule has 0 unspecified atom stereocenters. The summed E-state index contributed by atoms with van der Waals surface area (Å²) in [4.78, 5) is 28.6. The van der Waals surface area contributed by atoms with Crippen LogP contribution in [0.4, 0.5) is 0 Å². The van der Waals surface area contributed by atoms with Crippen LogP contribution in [0, 0.1) is 18.8 Å². The third-order valence-electron chi connectivity index (χ3n) is 5.26. The van der Waals surface area contributed by atoms with Crippen molar-refractivity contribution in [1.29, 1.82) is 0 Å². The van der Waals surface area contributed by atoms with Crippen LogP contribution in [-0.2, 0) is 11.2 Å². The molecule has 1 amide bonds. The first-order valence-corrected chi connectivity index (χ1v) is 8.33. The molecule has 2 fully saturated rings. The van der Waals surface area contributed by atoms with Crippen molar-refractivity contribution in [3.05, 3.63) is 51.7 Å². The Bertz CT molecular complexity index is 811. The lowest BCUT2D eigenvalue weighted by molar-refractivity contribution is -0.132. The first-order valence-electron chi connectivity index (χ1n) is 8.33. The van der Waals surface area contributed by atoms with Gasteiger partial charge in [-0.15, -0.1) is 0 Å². The van der Waals surface area contributed by atoms with Crippen molar-refractivity contribution >= 4 is 5.91 Å². The number of H-pyrrole nitrogens is 2. The summed E-state index contributed by atoms with van der Waals surface area (Å²) in [5, 5.41) is 9.63. The summed E-state index contributed by atoms with van der Waals surface area (Å²) in [5.41, 5.74) is 2.05. The Morgan fingerprint density at radius 2 is 2.17 bits per heavy atom. The smallest absolute Gasteiger partial charge is 0.335 e. The summed E-state index contributed by atoms with van der Waals surface area (Å²) in [6.45, 7) is 4.74. The first kappa shape index (κ1) is 15.1. The minimum absolute atomic E-state index is 0.0143. The molecule has 1 aromatic heterocycles. The van der Waals surface area contributed by atoms with Crippen molar-refractivity contribution < 1.29 is 4.79 Å². The zero-order chi connectivity index (χ0) is 16.7. The molecular weight excluding hydrogens is 306 g/mol. The van der Waals surface area contributed by atoms with Crippen molar-refractivity contribution in [2.45, 2.75) is 19.4 Å². The van der Waals surface area contributed by atoms with Gasteiger partial charge >= 0.3 is 5.69 Å². The van der Waals surface area contributed by atoms with Crippen molar-refractivity contribution in [3.8, 4) is 0 Å². The molecule has 0 saturated carbocycles. The summed E-state index contributed by atoms with van der Waals surface area (Å²) >= 11 is 0. The van der Waals surface area contributed by atoms with Gasteiger partial charge in [0.05, 0.1) is 12.5 Å². The molecule has 2 aliphatic heterocycles. The molecule has 7 heteroatoms. The monoisotopic (exact) mass is 327 g/mol. The van der Waals surface area contributed by atoms with Gasteiger partial charge in [-0.1, -0.05) is 24.3 Å². The molecule has 2 aliphatic rings. The highest BCUT2D eigenvalue weighted by Crippen LogP contribution is 2.43. The summed E-state index contributed by atoms with van der Waals surface area (Å²) < 4.78 is 0. The Morgan fingerprint density at radius 1 is 1.33 bits per heavy atom. The van der Waals surface area contributed by atoms with Crippen LogP contribution in [0.3, 0.4) is 0 Å². The molecule has 3 heterocycles. The largest absolute Gasteiger partial charge is 0.340 e. The Balaban J connectivity index is 1.64. The van der Waals surface area contributed by atoms with Crippen LogP contribution in [0.25, 0.3) is 0 Å². The summed E-state index contributed by atoms with van der Waals surface area (Å²) in [7, 11) is 0. The number of aromatic nitrogens is 3. The van der Waals surface area contributed by atoms with E-state index in [0.717, 1.165) is 19.6 Å². The van der Waals surface area contributed by atoms with E-state index in [1.54, 1.807) is 0 Å². The van der Waals surface area contributed by atoms with Gasteiger partial charge < -0.3 is 10.2 Å². The van der Waals surface area contributed by atoms with Gasteiger partial charge in [-0.3, -0.25) is 9.78 Å². The van der Waals surface area contributed by atoms with Gasteiger partial charge in [0.25, 0.3) is 0 Å². The topological polar surface area (TPSA) is 93.9 Å². The van der Waals surface area contributed by atoms with Crippen molar-refractivity contribution in [3.63, 3.8) is 0 Å². The van der Waals surface area contributed by atoms with Crippen LogP contribution in [0.15, 0.2) is 29.1 Å². The number of carbonyl (C=O) groups is 1. The number of amides is 1. The Morgan fingerprint density at radius 3 is 2.92 bits per heavy atom. The first-order chi connectivity index (χ1) is 11.6. The fourth-order valence-corrected chi connectivity index (χ4v) is 4.13. The molecule has 2 saturated heterocycles. The fraction of sp³-hybridized carbons (Fsp3) is 0.471. The second kappa shape index (κ2) is 5.90. The molecule has 7 nitrogen and oxygen atoms in total. The van der Waals surface area contributed by atoms with Crippen molar-refractivity contribution in [1.82, 2.24) is 25.4 Å². The average Bonchev–Trinajstić information content (AvgIpc) is 3.24. The Kier molecular flexibility index (Phi) is 3.72. The number of carbonyl (C=O) groups excluding carboxylic acids is 1. The molecular formula is C17H21N5O2. The number of nitrogens with one attached hydrogen (secondary N) is 3. The Hall–Kier alpha value is -2.41. The third kappa shape index (κ3) is 2.54. The van der Waals surface area contributed by atoms with Crippen LogP contribution < -0.4 is 11.0 Å². The predicted molar refractivity (Wildman–Crippen MR) is 88.4 cm³/mol. The van der Waals surface area contributed by atoms with Gasteiger partial charge in [0.15, 0.2) is 0 Å². The highest BCUT2D eigenvalue weighted by molar-refractivity contribution is 5.79. The molecule has 3 N–H and O–H groups in total. The molecule has 4 rings (SSSR count). The molecule has 0 spiro atoms. The van der Waals surface area contributed by atoms with Crippen LogP contribution in [0.2, 0.25) is 0 Å². The van der Waals surface area contributed by atoms with Gasteiger partial charge in [0.1, 0.15) is 5.82 Å². The second-order valence-corrected chi connectivity index (χ2v) is 6.73. The molecule has 24 heavy (non-hydrogen) atoms. The maximum Gasteiger partial charge on any atom is 0.340 e. The van der Waals surface area contributed by atoms with Gasteiger partial charge in [-0.2, -0.15) is 5.10 Å². The van der Waals surface area contributed by atoms with E-state index >= 15 is 0 Å². The lowest BCUT2D eigenvalue weighted by atomic mass is 9.87. The van der Waals surface area contributed by atoms with Gasteiger partial charge in [0, 0.05) is 25.6 Å². The van der Waals surface area contributed by atoms with Crippen LogP contribution in [0.1, 0.15) is 23.0 Å². The minimum atomic E-state index is -0.379. The number of hydrogen-bond donors (Lipinski definition) is 3. The van der Waals surface area contributed by atoms with E-state index in [1.807, 2.05) is 17.0 Å². The highest BCUT2D eigenvalue weighted by Gasteiger charge is 2.46. The number of aryl methyl sites for hydroxylation is 1. The summed E-state index contributed by atoms with van der Waals surface area (Å²) in [5.74, 6) is 1.33. The van der Waals surface area contributed by atoms with Gasteiger partial charge in [-0.25, -0.2) is 9.89 Å². The molecule has 1 aromatic carbocycles. The maximum atomic E-state index is 12.9. The van der Waals surface area contributed by atoms with Crippen LogP contribution in [0.5, 0.6) is 0 Å². The lowest BCUT2D eigenvalue weighted by Crippen LogP contribution is -2.36. The van der Waals surface area contributed by atoms with E-state index in [9.17, 15) is 9.59 Å². The van der Waals surface area contributed by atoms with E-state index in [0.29, 0.717) is 17.7 Å². The number of fused-ring (bicyclic) bond motifs is 1. The molecule has 0 aliphatic carbocycles. The number of likely N-dealkylation sites (tertiary alicyclic amines) is 1. The third-order valence-corrected chi connectivity index (χ3v) is 5.26. The maximum absolute atomic E-state index is 12.9. The standard InChI is InChI=1S/C17H21N5O2/c1-10-4-2-3-5-12(10)16-13-8-18-7-11(13)9-22(16)15(23)6-14-19-17(24)21-20-14/h2-5,11,13,16,18H,6-9H2,1H3,(H2,19,20,21,24)/t11-,13-,16+/m0/s1. The highest BCUT2D eigenvalue weighted by atomic mass is 16.2. The minimum Gasteiger partial charge on any atom is -0.335 e. The molecule has 3 atom stereocenters. The Labute approximate surface area is 139 Å². The molecule has 126 valence electrons. The molecule has 0 radical (unpaired) electrons. The average molecular weight is 327 g/mol. The van der Waals surface area contributed by atoms with E-state index in [4.69, 9.17) is 0 Å². The predicted octanol–water partition coefficient (Wildman–Crippen LogP) is 0.368. The summed E-state index contributed by atoms with van der Waals surface area (Å²) in [6.07, 6.45) is 0.119. The van der Waals surface area contributed by atoms with Gasteiger partial charge in [-0.05, 0) is 24.0 Å². The number of rotatable bonds is 3. The van der Waals surface area contributed by atoms with Crippen LogP contribution >= 0.6 is 0 Å². The fourth-order valence-electron chi connectivity index (χ4n) is 4.13. The second-order valence-electron chi connectivity index (χ2n) is 6.73. The van der Waals surface area contributed by atoms with E-state index in [-0.39, 0.29) is 24.1 Å². The number of nitrogens with zero attached hydrogens (tertiary/aromatic N) is 2. The molecule has 2 aromatic rings. The number of hydrogen-bond acceptors (Lipinski definition) is 4. The number of aromatic amines is 2. The quantitative estimate of drug-likeness (QED) is 0.759. The van der Waals surface area contributed by atoms with Crippen molar-refractivity contribution in [2.75, 3.05) is 19.6 Å². The SMILES string of the molecule is Cc1ccccc1[C@@H]1[C@H]2CNC[C@H]2CN1C(=O)Cc1n[nH]c(=O)[nH]1. The lowest BCUT2D eigenvalue weighted by Gasteiger charge is -2.29. The van der Waals surface area contributed by atoms with E-state index in [2.05, 4.69) is 39.6 Å². The molecule has 0 bridgehead atoms. The van der Waals surface area contributed by atoms with E-state index in [1.165, 1.54) is 11.1 Å².